The number of carbonyl (C=O) groups excluding carboxylic acids is 1. The molecular formula is C10H11BrClNO2. The lowest BCUT2D eigenvalue weighted by Crippen LogP contribution is -2.16. The summed E-state index contributed by atoms with van der Waals surface area (Å²) in [4.78, 5) is 11.0. The normalized spacial score (nSPS) is 12.3. The quantitative estimate of drug-likeness (QED) is 0.871. The number of carbonyl (C=O) groups is 1. The fraction of sp³-hybridized carbons (Fsp3) is 0.300. The van der Waals surface area contributed by atoms with E-state index >= 15 is 0 Å². The first-order valence-electron chi connectivity index (χ1n) is 4.32. The van der Waals surface area contributed by atoms with Gasteiger partial charge in [0.15, 0.2) is 0 Å². The van der Waals surface area contributed by atoms with Gasteiger partial charge in [0.25, 0.3) is 0 Å². The summed E-state index contributed by atoms with van der Waals surface area (Å²) in [6.07, 6.45) is 0.157. The van der Waals surface area contributed by atoms with Gasteiger partial charge in [-0.15, -0.1) is 0 Å². The molecule has 1 aromatic carbocycles. The highest BCUT2D eigenvalue weighted by molar-refractivity contribution is 9.10. The minimum atomic E-state index is -0.369. The molecule has 0 aromatic heterocycles. The Bertz CT molecular complexity index is 370. The van der Waals surface area contributed by atoms with Crippen molar-refractivity contribution in [2.75, 3.05) is 7.11 Å². The van der Waals surface area contributed by atoms with E-state index in [9.17, 15) is 4.79 Å². The maximum atomic E-state index is 11.0. The van der Waals surface area contributed by atoms with Crippen molar-refractivity contribution in [3.05, 3.63) is 33.3 Å². The molecule has 82 valence electrons. The Morgan fingerprint density at radius 3 is 2.87 bits per heavy atom. The Hall–Kier alpha value is -0.580. The Balaban J connectivity index is 2.78. The van der Waals surface area contributed by atoms with Crippen LogP contribution < -0.4 is 5.73 Å². The van der Waals surface area contributed by atoms with Crippen LogP contribution in [0.25, 0.3) is 0 Å². The lowest BCUT2D eigenvalue weighted by atomic mass is 10.1. The molecule has 0 aliphatic rings. The van der Waals surface area contributed by atoms with Gasteiger partial charge >= 0.3 is 5.97 Å². The van der Waals surface area contributed by atoms with Gasteiger partial charge in [0.1, 0.15) is 0 Å². The van der Waals surface area contributed by atoms with Crippen LogP contribution in [0.3, 0.4) is 0 Å². The highest BCUT2D eigenvalue weighted by Crippen LogP contribution is 2.26. The van der Waals surface area contributed by atoms with E-state index in [2.05, 4.69) is 20.7 Å². The molecule has 0 heterocycles. The average Bonchev–Trinajstić information content (AvgIpc) is 2.21. The standard InChI is InChI=1S/C10H11BrClNO2/c1-15-10(14)5-9(13)6-2-3-8(12)7(11)4-6/h2-4,9H,5,13H2,1H3/t9-/m0/s1. The smallest absolute Gasteiger partial charge is 0.307 e. The molecule has 0 radical (unpaired) electrons. The van der Waals surface area contributed by atoms with Gasteiger partial charge in [0, 0.05) is 10.5 Å². The Kier molecular flexibility index (Phi) is 4.57. The average molecular weight is 293 g/mol. The lowest BCUT2D eigenvalue weighted by molar-refractivity contribution is -0.141. The fourth-order valence-corrected chi connectivity index (χ4v) is 1.64. The number of nitrogens with two attached hydrogens (primary N) is 1. The number of methoxy groups -OCH3 is 1. The van der Waals surface area contributed by atoms with Gasteiger partial charge < -0.3 is 10.5 Å². The number of hydrogen-bond donors (Lipinski definition) is 1. The van der Waals surface area contributed by atoms with Crippen LogP contribution in [0.1, 0.15) is 18.0 Å². The second-order valence-electron chi connectivity index (χ2n) is 3.06. The summed E-state index contributed by atoms with van der Waals surface area (Å²) in [6, 6.07) is 4.96. The summed E-state index contributed by atoms with van der Waals surface area (Å²) >= 11 is 9.13. The molecule has 0 aliphatic carbocycles. The maximum absolute atomic E-state index is 11.0. The van der Waals surface area contributed by atoms with E-state index in [4.69, 9.17) is 17.3 Å². The SMILES string of the molecule is COC(=O)C[C@H](N)c1ccc(Cl)c(Br)c1. The van der Waals surface area contributed by atoms with Crippen molar-refractivity contribution in [1.82, 2.24) is 0 Å². The third-order valence-corrected chi connectivity index (χ3v) is 3.20. The van der Waals surface area contributed by atoms with Crippen molar-refractivity contribution in [3.63, 3.8) is 0 Å². The molecule has 15 heavy (non-hydrogen) atoms. The molecular weight excluding hydrogens is 281 g/mol. The number of rotatable bonds is 3. The first-order chi connectivity index (χ1) is 7.04. The predicted octanol–water partition coefficient (Wildman–Crippen LogP) is 2.67. The van der Waals surface area contributed by atoms with E-state index in [1.54, 1.807) is 18.2 Å². The molecule has 0 saturated heterocycles. The molecule has 0 aliphatic heterocycles. The van der Waals surface area contributed by atoms with Crippen molar-refractivity contribution in [3.8, 4) is 0 Å². The number of halogens is 2. The van der Waals surface area contributed by atoms with Gasteiger partial charge in [-0.3, -0.25) is 4.79 Å². The molecule has 0 amide bonds. The topological polar surface area (TPSA) is 52.3 Å². The van der Waals surface area contributed by atoms with Gasteiger partial charge in [-0.2, -0.15) is 0 Å². The summed E-state index contributed by atoms with van der Waals surface area (Å²) in [6.45, 7) is 0. The van der Waals surface area contributed by atoms with Crippen LogP contribution in [0.5, 0.6) is 0 Å². The number of ether oxygens (including phenoxy) is 1. The largest absolute Gasteiger partial charge is 0.469 e. The fourth-order valence-electron chi connectivity index (χ4n) is 1.12. The Labute approximate surface area is 102 Å². The minimum Gasteiger partial charge on any atom is -0.469 e. The van der Waals surface area contributed by atoms with Crippen LogP contribution >= 0.6 is 27.5 Å². The van der Waals surface area contributed by atoms with Gasteiger partial charge in [-0.1, -0.05) is 17.7 Å². The second kappa shape index (κ2) is 5.49. The third-order valence-electron chi connectivity index (χ3n) is 1.99. The lowest BCUT2D eigenvalue weighted by Gasteiger charge is -2.11. The maximum Gasteiger partial charge on any atom is 0.307 e. The van der Waals surface area contributed by atoms with Crippen molar-refractivity contribution in [2.45, 2.75) is 12.5 Å². The number of esters is 1. The zero-order valence-corrected chi connectivity index (χ0v) is 10.5. The molecule has 0 fully saturated rings. The van der Waals surface area contributed by atoms with Gasteiger partial charge in [-0.25, -0.2) is 0 Å². The van der Waals surface area contributed by atoms with Crippen molar-refractivity contribution < 1.29 is 9.53 Å². The van der Waals surface area contributed by atoms with E-state index in [-0.39, 0.29) is 18.4 Å². The van der Waals surface area contributed by atoms with E-state index in [1.165, 1.54) is 7.11 Å². The second-order valence-corrected chi connectivity index (χ2v) is 4.32. The number of hydrogen-bond acceptors (Lipinski definition) is 3. The van der Waals surface area contributed by atoms with Crippen molar-refractivity contribution >= 4 is 33.5 Å². The third kappa shape index (κ3) is 3.48. The molecule has 0 bridgehead atoms. The molecule has 1 atom stereocenters. The molecule has 0 unspecified atom stereocenters. The molecule has 0 spiro atoms. The minimum absolute atomic E-state index is 0.157. The zero-order chi connectivity index (χ0) is 11.4. The van der Waals surface area contributed by atoms with E-state index in [0.717, 1.165) is 10.0 Å². The van der Waals surface area contributed by atoms with E-state index in [0.29, 0.717) is 5.02 Å². The molecule has 3 nitrogen and oxygen atoms in total. The summed E-state index contributed by atoms with van der Waals surface area (Å²) in [5.41, 5.74) is 6.67. The highest BCUT2D eigenvalue weighted by Gasteiger charge is 2.12. The van der Waals surface area contributed by atoms with E-state index < -0.39 is 0 Å². The summed E-state index contributed by atoms with van der Waals surface area (Å²) in [5.74, 6) is -0.325. The summed E-state index contributed by atoms with van der Waals surface area (Å²) < 4.78 is 5.31. The van der Waals surface area contributed by atoms with Crippen LogP contribution in [0.2, 0.25) is 5.02 Å². The van der Waals surface area contributed by atoms with Crippen LogP contribution in [0.4, 0.5) is 0 Å². The van der Waals surface area contributed by atoms with Crippen molar-refractivity contribution in [1.29, 1.82) is 0 Å². The Morgan fingerprint density at radius 1 is 1.67 bits per heavy atom. The van der Waals surface area contributed by atoms with Gasteiger partial charge in [-0.05, 0) is 33.6 Å². The van der Waals surface area contributed by atoms with Crippen LogP contribution in [-0.4, -0.2) is 13.1 Å². The zero-order valence-electron chi connectivity index (χ0n) is 8.17. The van der Waals surface area contributed by atoms with Crippen molar-refractivity contribution in [2.24, 2.45) is 5.73 Å². The molecule has 2 N–H and O–H groups in total. The van der Waals surface area contributed by atoms with E-state index in [1.807, 2.05) is 0 Å². The first kappa shape index (κ1) is 12.5. The summed E-state index contributed by atoms with van der Waals surface area (Å²) in [5, 5.41) is 0.615. The predicted molar refractivity (Wildman–Crippen MR) is 62.7 cm³/mol. The monoisotopic (exact) mass is 291 g/mol. The molecule has 1 aromatic rings. The highest BCUT2D eigenvalue weighted by atomic mass is 79.9. The van der Waals surface area contributed by atoms with Gasteiger partial charge in [0.2, 0.25) is 0 Å². The van der Waals surface area contributed by atoms with Gasteiger partial charge in [0.05, 0.1) is 18.6 Å². The number of benzene rings is 1. The molecule has 0 saturated carbocycles. The van der Waals surface area contributed by atoms with Crippen LogP contribution in [0, 0.1) is 0 Å². The first-order valence-corrected chi connectivity index (χ1v) is 5.49. The Morgan fingerprint density at radius 2 is 2.33 bits per heavy atom. The van der Waals surface area contributed by atoms with Crippen LogP contribution in [-0.2, 0) is 9.53 Å². The summed E-state index contributed by atoms with van der Waals surface area (Å²) in [7, 11) is 1.34. The molecule has 1 rings (SSSR count). The van der Waals surface area contributed by atoms with Crippen LogP contribution in [0.15, 0.2) is 22.7 Å². The molecule has 5 heteroatoms.